The number of piperidine rings is 1. The van der Waals surface area contributed by atoms with E-state index in [-0.39, 0.29) is 11.8 Å². The van der Waals surface area contributed by atoms with Crippen LogP contribution < -0.4 is 11.1 Å². The number of nitrogens with one attached hydrogen (secondary N) is 1. The van der Waals surface area contributed by atoms with Crippen LogP contribution in [0.3, 0.4) is 0 Å². The summed E-state index contributed by atoms with van der Waals surface area (Å²) in [7, 11) is 0. The van der Waals surface area contributed by atoms with E-state index in [9.17, 15) is 4.79 Å². The minimum absolute atomic E-state index is 0.145. The number of nitrogens with two attached hydrogens (primary N) is 1. The first-order chi connectivity index (χ1) is 9.93. The minimum Gasteiger partial charge on any atom is -0.355 e. The van der Waals surface area contributed by atoms with E-state index >= 15 is 0 Å². The van der Waals surface area contributed by atoms with Gasteiger partial charge in [0, 0.05) is 25.7 Å². The minimum atomic E-state index is 0.145. The van der Waals surface area contributed by atoms with Crippen LogP contribution in [0.2, 0.25) is 0 Å². The third-order valence-corrected chi connectivity index (χ3v) is 4.27. The van der Waals surface area contributed by atoms with Crippen LogP contribution in [-0.4, -0.2) is 43.0 Å². The van der Waals surface area contributed by atoms with Gasteiger partial charge in [-0.2, -0.15) is 0 Å². The fraction of sp³-hybridized carbons (Fsp3) is 0.941. The summed E-state index contributed by atoms with van der Waals surface area (Å²) in [5.74, 6) is 1.76. The van der Waals surface area contributed by atoms with Crippen molar-refractivity contribution in [3.05, 3.63) is 0 Å². The van der Waals surface area contributed by atoms with E-state index in [0.717, 1.165) is 25.9 Å². The first kappa shape index (κ1) is 18.4. The van der Waals surface area contributed by atoms with Gasteiger partial charge in [0.25, 0.3) is 0 Å². The second-order valence-electron chi connectivity index (χ2n) is 7.33. The van der Waals surface area contributed by atoms with Crippen molar-refractivity contribution in [2.24, 2.45) is 23.5 Å². The van der Waals surface area contributed by atoms with Crippen LogP contribution in [0.5, 0.6) is 0 Å². The summed E-state index contributed by atoms with van der Waals surface area (Å²) in [4.78, 5) is 14.7. The molecule has 1 aliphatic heterocycles. The molecule has 4 nitrogen and oxygen atoms in total. The average molecular weight is 297 g/mol. The third kappa shape index (κ3) is 6.79. The van der Waals surface area contributed by atoms with E-state index in [1.54, 1.807) is 0 Å². The molecule has 1 rings (SSSR count). The Hall–Kier alpha value is -0.610. The van der Waals surface area contributed by atoms with Crippen LogP contribution >= 0.6 is 0 Å². The Morgan fingerprint density at radius 3 is 2.38 bits per heavy atom. The number of amides is 1. The summed E-state index contributed by atoms with van der Waals surface area (Å²) in [5.41, 5.74) is 5.47. The zero-order valence-electron chi connectivity index (χ0n) is 14.4. The van der Waals surface area contributed by atoms with Gasteiger partial charge in [-0.1, -0.05) is 27.7 Å². The van der Waals surface area contributed by atoms with Crippen molar-refractivity contribution < 1.29 is 4.79 Å². The maximum absolute atomic E-state index is 12.2. The molecule has 0 radical (unpaired) electrons. The molecule has 124 valence electrons. The van der Waals surface area contributed by atoms with Crippen molar-refractivity contribution >= 4 is 5.91 Å². The first-order valence-corrected chi connectivity index (χ1v) is 8.65. The first-order valence-electron chi connectivity index (χ1n) is 8.65. The predicted octanol–water partition coefficient (Wildman–Crippen LogP) is 2.23. The molecule has 1 atom stereocenters. The summed E-state index contributed by atoms with van der Waals surface area (Å²) < 4.78 is 0. The summed E-state index contributed by atoms with van der Waals surface area (Å²) in [6.45, 7) is 12.4. The lowest BCUT2D eigenvalue weighted by Crippen LogP contribution is -2.48. The zero-order chi connectivity index (χ0) is 15.8. The SMILES string of the molecule is CC(C)CC(CC(C)C)N1CCCC(C(=O)NCCN)C1. The maximum atomic E-state index is 12.2. The van der Waals surface area contributed by atoms with Crippen molar-refractivity contribution in [2.45, 2.75) is 59.4 Å². The molecule has 0 saturated carbocycles. The largest absolute Gasteiger partial charge is 0.355 e. The molecule has 0 spiro atoms. The molecule has 1 fully saturated rings. The van der Waals surface area contributed by atoms with Gasteiger partial charge in [0.15, 0.2) is 0 Å². The van der Waals surface area contributed by atoms with Crippen molar-refractivity contribution in [3.8, 4) is 0 Å². The maximum Gasteiger partial charge on any atom is 0.224 e. The molecule has 1 saturated heterocycles. The van der Waals surface area contributed by atoms with Crippen LogP contribution in [0.25, 0.3) is 0 Å². The van der Waals surface area contributed by atoms with Gasteiger partial charge in [-0.15, -0.1) is 0 Å². The lowest BCUT2D eigenvalue weighted by molar-refractivity contribution is -0.127. The fourth-order valence-electron chi connectivity index (χ4n) is 3.37. The number of likely N-dealkylation sites (tertiary alicyclic amines) is 1. The number of nitrogens with zero attached hydrogens (tertiary/aromatic N) is 1. The molecule has 0 aliphatic carbocycles. The smallest absolute Gasteiger partial charge is 0.224 e. The second-order valence-corrected chi connectivity index (χ2v) is 7.33. The molecule has 1 amide bonds. The van der Waals surface area contributed by atoms with E-state index < -0.39 is 0 Å². The van der Waals surface area contributed by atoms with E-state index in [2.05, 4.69) is 37.9 Å². The van der Waals surface area contributed by atoms with Gasteiger partial charge < -0.3 is 11.1 Å². The molecule has 0 aromatic carbocycles. The van der Waals surface area contributed by atoms with Crippen LogP contribution in [0.15, 0.2) is 0 Å². The second kappa shape index (κ2) is 9.42. The Bertz CT molecular complexity index is 294. The monoisotopic (exact) mass is 297 g/mol. The summed E-state index contributed by atoms with van der Waals surface area (Å²) in [6, 6.07) is 0.620. The molecular formula is C17H35N3O. The van der Waals surface area contributed by atoms with Crippen molar-refractivity contribution in [2.75, 3.05) is 26.2 Å². The van der Waals surface area contributed by atoms with Crippen LogP contribution in [0.4, 0.5) is 0 Å². The van der Waals surface area contributed by atoms with Crippen molar-refractivity contribution in [3.63, 3.8) is 0 Å². The Morgan fingerprint density at radius 1 is 1.24 bits per heavy atom. The normalized spacial score (nSPS) is 20.5. The fourth-order valence-corrected chi connectivity index (χ4v) is 3.37. The lowest BCUT2D eigenvalue weighted by Gasteiger charge is -2.39. The van der Waals surface area contributed by atoms with E-state index in [1.165, 1.54) is 12.8 Å². The van der Waals surface area contributed by atoms with Crippen LogP contribution in [0, 0.1) is 17.8 Å². The zero-order valence-corrected chi connectivity index (χ0v) is 14.4. The van der Waals surface area contributed by atoms with Gasteiger partial charge in [-0.25, -0.2) is 0 Å². The number of rotatable bonds is 8. The van der Waals surface area contributed by atoms with Crippen molar-refractivity contribution in [1.29, 1.82) is 0 Å². The quantitative estimate of drug-likeness (QED) is 0.722. The Labute approximate surface area is 130 Å². The summed E-state index contributed by atoms with van der Waals surface area (Å²) >= 11 is 0. The highest BCUT2D eigenvalue weighted by molar-refractivity contribution is 5.78. The molecule has 1 heterocycles. The van der Waals surface area contributed by atoms with E-state index in [1.807, 2.05) is 0 Å². The topological polar surface area (TPSA) is 58.4 Å². The molecule has 0 aromatic heterocycles. The lowest BCUT2D eigenvalue weighted by atomic mass is 9.90. The number of hydrogen-bond donors (Lipinski definition) is 2. The Balaban J connectivity index is 2.60. The molecule has 21 heavy (non-hydrogen) atoms. The summed E-state index contributed by atoms with van der Waals surface area (Å²) in [5, 5.41) is 2.95. The Morgan fingerprint density at radius 2 is 1.86 bits per heavy atom. The summed E-state index contributed by atoms with van der Waals surface area (Å²) in [6.07, 6.45) is 4.61. The number of carbonyl (C=O) groups excluding carboxylic acids is 1. The van der Waals surface area contributed by atoms with Gasteiger partial charge >= 0.3 is 0 Å². The molecule has 1 aliphatic rings. The molecule has 1 unspecified atom stereocenters. The van der Waals surface area contributed by atoms with Crippen LogP contribution in [0.1, 0.15) is 53.4 Å². The highest BCUT2D eigenvalue weighted by Crippen LogP contribution is 2.25. The van der Waals surface area contributed by atoms with Gasteiger partial charge in [0.1, 0.15) is 0 Å². The molecule has 4 heteroatoms. The molecular weight excluding hydrogens is 262 g/mol. The van der Waals surface area contributed by atoms with Gasteiger partial charge in [0.05, 0.1) is 5.92 Å². The number of hydrogen-bond acceptors (Lipinski definition) is 3. The van der Waals surface area contributed by atoms with Gasteiger partial charge in [0.2, 0.25) is 5.91 Å². The highest BCUT2D eigenvalue weighted by Gasteiger charge is 2.30. The predicted molar refractivity (Wildman–Crippen MR) is 89.1 cm³/mol. The van der Waals surface area contributed by atoms with E-state index in [4.69, 9.17) is 5.73 Å². The highest BCUT2D eigenvalue weighted by atomic mass is 16.1. The van der Waals surface area contributed by atoms with Crippen molar-refractivity contribution in [1.82, 2.24) is 10.2 Å². The van der Waals surface area contributed by atoms with Crippen LogP contribution in [-0.2, 0) is 4.79 Å². The Kier molecular flexibility index (Phi) is 8.27. The molecule has 3 N–H and O–H groups in total. The third-order valence-electron chi connectivity index (χ3n) is 4.27. The van der Waals surface area contributed by atoms with Gasteiger partial charge in [-0.05, 0) is 44.1 Å². The average Bonchev–Trinajstić information content (AvgIpc) is 2.43. The molecule has 0 bridgehead atoms. The van der Waals surface area contributed by atoms with Gasteiger partial charge in [-0.3, -0.25) is 9.69 Å². The number of carbonyl (C=O) groups is 1. The molecule has 0 aromatic rings. The van der Waals surface area contributed by atoms with E-state index in [0.29, 0.717) is 31.0 Å². The standard InChI is InChI=1S/C17H35N3O/c1-13(2)10-16(11-14(3)4)20-9-5-6-15(12-20)17(21)19-8-7-18/h13-16H,5-12,18H2,1-4H3,(H,19,21).